The van der Waals surface area contributed by atoms with Crippen LogP contribution in [-0.4, -0.2) is 14.5 Å². The average molecular weight is 317 g/mol. The van der Waals surface area contributed by atoms with Crippen molar-refractivity contribution in [2.24, 2.45) is 11.8 Å². The van der Waals surface area contributed by atoms with Gasteiger partial charge in [0.1, 0.15) is 0 Å². The van der Waals surface area contributed by atoms with E-state index < -0.39 is 10.0 Å². The van der Waals surface area contributed by atoms with Gasteiger partial charge in [-0.1, -0.05) is 25.4 Å². The largest absolute Gasteiger partial charge is 0.398 e. The second-order valence-electron chi connectivity index (χ2n) is 5.76. The SMILES string of the molecule is Cc1c(N)cc(S(=O)(=O)NC2CCC(C)C2C)cc1Cl. The molecule has 0 spiro atoms. The summed E-state index contributed by atoms with van der Waals surface area (Å²) in [6.07, 6.45) is 1.92. The molecule has 1 aliphatic rings. The molecule has 1 aliphatic carbocycles. The Labute approximate surface area is 125 Å². The lowest BCUT2D eigenvalue weighted by Crippen LogP contribution is -2.37. The number of nitrogens with two attached hydrogens (primary N) is 1. The Morgan fingerprint density at radius 1 is 1.30 bits per heavy atom. The smallest absolute Gasteiger partial charge is 0.240 e. The first-order valence-electron chi connectivity index (χ1n) is 6.80. The van der Waals surface area contributed by atoms with E-state index in [1.165, 1.54) is 12.1 Å². The van der Waals surface area contributed by atoms with Gasteiger partial charge in [0.2, 0.25) is 10.0 Å². The molecule has 1 fully saturated rings. The molecule has 3 unspecified atom stereocenters. The number of halogens is 1. The number of benzene rings is 1. The fourth-order valence-electron chi connectivity index (χ4n) is 2.63. The molecule has 0 aromatic heterocycles. The predicted molar refractivity (Wildman–Crippen MR) is 82.3 cm³/mol. The van der Waals surface area contributed by atoms with Gasteiger partial charge >= 0.3 is 0 Å². The van der Waals surface area contributed by atoms with Crippen molar-refractivity contribution in [2.45, 2.75) is 44.6 Å². The summed E-state index contributed by atoms with van der Waals surface area (Å²) in [6, 6.07) is 2.90. The van der Waals surface area contributed by atoms with Gasteiger partial charge in [-0.25, -0.2) is 13.1 Å². The molecule has 20 heavy (non-hydrogen) atoms. The van der Waals surface area contributed by atoms with E-state index in [1.54, 1.807) is 6.92 Å². The van der Waals surface area contributed by atoms with Gasteiger partial charge in [-0.05, 0) is 49.3 Å². The maximum Gasteiger partial charge on any atom is 0.240 e. The number of rotatable bonds is 3. The van der Waals surface area contributed by atoms with Crippen LogP contribution < -0.4 is 10.5 Å². The molecule has 0 saturated heterocycles. The second-order valence-corrected chi connectivity index (χ2v) is 7.88. The van der Waals surface area contributed by atoms with Crippen LogP contribution in [0.5, 0.6) is 0 Å². The zero-order valence-electron chi connectivity index (χ0n) is 12.0. The Morgan fingerprint density at radius 3 is 2.45 bits per heavy atom. The highest BCUT2D eigenvalue weighted by atomic mass is 35.5. The lowest BCUT2D eigenvalue weighted by atomic mass is 9.98. The number of nitrogen functional groups attached to an aromatic ring is 1. The monoisotopic (exact) mass is 316 g/mol. The van der Waals surface area contributed by atoms with Crippen LogP contribution in [0.2, 0.25) is 5.02 Å². The van der Waals surface area contributed by atoms with Crippen LogP contribution in [0.3, 0.4) is 0 Å². The lowest BCUT2D eigenvalue weighted by molar-refractivity contribution is 0.402. The van der Waals surface area contributed by atoms with Gasteiger partial charge in [0, 0.05) is 16.8 Å². The molecule has 3 N–H and O–H groups in total. The van der Waals surface area contributed by atoms with E-state index in [1.807, 2.05) is 0 Å². The normalized spacial score (nSPS) is 26.9. The van der Waals surface area contributed by atoms with Gasteiger partial charge in [0.25, 0.3) is 0 Å². The van der Waals surface area contributed by atoms with Crippen LogP contribution in [0, 0.1) is 18.8 Å². The van der Waals surface area contributed by atoms with Gasteiger partial charge in [-0.15, -0.1) is 0 Å². The van der Waals surface area contributed by atoms with E-state index in [-0.39, 0.29) is 10.9 Å². The zero-order chi connectivity index (χ0) is 15.1. The highest BCUT2D eigenvalue weighted by Crippen LogP contribution is 2.33. The first-order chi connectivity index (χ1) is 9.22. The highest BCUT2D eigenvalue weighted by molar-refractivity contribution is 7.89. The average Bonchev–Trinajstić information content (AvgIpc) is 2.67. The van der Waals surface area contributed by atoms with Crippen molar-refractivity contribution in [3.8, 4) is 0 Å². The van der Waals surface area contributed by atoms with Crippen molar-refractivity contribution in [3.63, 3.8) is 0 Å². The Balaban J connectivity index is 2.27. The summed E-state index contributed by atoms with van der Waals surface area (Å²) in [5.41, 5.74) is 6.90. The van der Waals surface area contributed by atoms with E-state index in [0.29, 0.717) is 28.1 Å². The van der Waals surface area contributed by atoms with Crippen LogP contribution >= 0.6 is 11.6 Å². The molecular weight excluding hydrogens is 296 g/mol. The molecule has 1 aromatic carbocycles. The molecule has 0 heterocycles. The highest BCUT2D eigenvalue weighted by Gasteiger charge is 2.33. The maximum absolute atomic E-state index is 12.4. The minimum Gasteiger partial charge on any atom is -0.398 e. The molecule has 0 radical (unpaired) electrons. The van der Waals surface area contributed by atoms with Gasteiger partial charge in [-0.2, -0.15) is 0 Å². The van der Waals surface area contributed by atoms with E-state index in [2.05, 4.69) is 18.6 Å². The van der Waals surface area contributed by atoms with Crippen molar-refractivity contribution in [1.29, 1.82) is 0 Å². The third kappa shape index (κ3) is 2.95. The minimum atomic E-state index is -3.58. The quantitative estimate of drug-likeness (QED) is 0.842. The number of nitrogens with one attached hydrogen (secondary N) is 1. The maximum atomic E-state index is 12.4. The molecular formula is C14H21ClN2O2S. The Kier molecular flexibility index (Phi) is 4.33. The molecule has 3 atom stereocenters. The zero-order valence-corrected chi connectivity index (χ0v) is 13.6. The number of hydrogen-bond donors (Lipinski definition) is 2. The van der Waals surface area contributed by atoms with Crippen molar-refractivity contribution in [3.05, 3.63) is 22.7 Å². The van der Waals surface area contributed by atoms with Crippen LogP contribution in [0.25, 0.3) is 0 Å². The van der Waals surface area contributed by atoms with Crippen molar-refractivity contribution >= 4 is 27.3 Å². The fraction of sp³-hybridized carbons (Fsp3) is 0.571. The van der Waals surface area contributed by atoms with E-state index in [9.17, 15) is 8.42 Å². The van der Waals surface area contributed by atoms with E-state index >= 15 is 0 Å². The minimum absolute atomic E-state index is 0.0173. The van der Waals surface area contributed by atoms with Crippen LogP contribution in [0.15, 0.2) is 17.0 Å². The predicted octanol–water partition coefficient (Wildman–Crippen LogP) is 2.94. The van der Waals surface area contributed by atoms with Crippen LogP contribution in [0.4, 0.5) is 5.69 Å². The summed E-state index contributed by atoms with van der Waals surface area (Å²) in [7, 11) is -3.58. The summed E-state index contributed by atoms with van der Waals surface area (Å²) < 4.78 is 27.6. The number of anilines is 1. The third-order valence-electron chi connectivity index (χ3n) is 4.44. The van der Waals surface area contributed by atoms with Gasteiger partial charge in [0.05, 0.1) is 4.90 Å². The molecule has 0 aliphatic heterocycles. The molecule has 4 nitrogen and oxygen atoms in total. The molecule has 0 amide bonds. The standard InChI is InChI=1S/C14H21ClN2O2S/c1-8-4-5-14(9(8)2)17-20(18,19)11-6-12(15)10(3)13(16)7-11/h6-9,14,17H,4-5,16H2,1-3H3. The first-order valence-corrected chi connectivity index (χ1v) is 8.66. The Bertz CT molecular complexity index is 593. The van der Waals surface area contributed by atoms with E-state index in [4.69, 9.17) is 17.3 Å². The molecule has 1 saturated carbocycles. The molecule has 112 valence electrons. The van der Waals surface area contributed by atoms with Gasteiger partial charge < -0.3 is 5.73 Å². The molecule has 2 rings (SSSR count). The summed E-state index contributed by atoms with van der Waals surface area (Å²) in [5.74, 6) is 0.873. The fourth-order valence-corrected chi connectivity index (χ4v) is 4.34. The Hall–Kier alpha value is -0.780. The molecule has 6 heteroatoms. The summed E-state index contributed by atoms with van der Waals surface area (Å²) in [4.78, 5) is 0.136. The third-order valence-corrected chi connectivity index (χ3v) is 6.30. The van der Waals surface area contributed by atoms with Crippen LogP contribution in [-0.2, 0) is 10.0 Å². The lowest BCUT2D eigenvalue weighted by Gasteiger charge is -2.20. The Morgan fingerprint density at radius 2 is 1.95 bits per heavy atom. The first kappa shape index (κ1) is 15.6. The summed E-state index contributed by atoms with van der Waals surface area (Å²) in [6.45, 7) is 6.00. The van der Waals surface area contributed by atoms with Gasteiger partial charge in [0.15, 0.2) is 0 Å². The second kappa shape index (κ2) is 5.54. The van der Waals surface area contributed by atoms with Gasteiger partial charge in [-0.3, -0.25) is 0 Å². The van der Waals surface area contributed by atoms with Crippen molar-refractivity contribution < 1.29 is 8.42 Å². The number of hydrogen-bond acceptors (Lipinski definition) is 3. The summed E-state index contributed by atoms with van der Waals surface area (Å²) >= 11 is 6.02. The molecule has 0 bridgehead atoms. The topological polar surface area (TPSA) is 72.2 Å². The number of sulfonamides is 1. The van der Waals surface area contributed by atoms with Crippen molar-refractivity contribution in [2.75, 3.05) is 5.73 Å². The molecule has 1 aromatic rings. The van der Waals surface area contributed by atoms with Crippen LogP contribution in [0.1, 0.15) is 32.3 Å². The van der Waals surface area contributed by atoms with E-state index in [0.717, 1.165) is 12.8 Å². The van der Waals surface area contributed by atoms with Crippen molar-refractivity contribution in [1.82, 2.24) is 4.72 Å². The summed E-state index contributed by atoms with van der Waals surface area (Å²) in [5, 5.41) is 0.373.